The molecule has 1 aromatic carbocycles. The third-order valence-electron chi connectivity index (χ3n) is 5.92. The molecule has 2 atom stereocenters. The molecule has 3 fully saturated rings. The topological polar surface area (TPSA) is 49.4 Å². The average Bonchev–Trinajstić information content (AvgIpc) is 3.51. The molecule has 1 heterocycles. The largest absolute Gasteiger partial charge is 0.351 e. The third-order valence-corrected chi connectivity index (χ3v) is 5.92. The van der Waals surface area contributed by atoms with Gasteiger partial charge in [-0.2, -0.15) is 0 Å². The van der Waals surface area contributed by atoms with Crippen molar-refractivity contribution in [1.29, 1.82) is 0 Å². The quantitative estimate of drug-likeness (QED) is 0.865. The second kappa shape index (κ2) is 6.81. The van der Waals surface area contributed by atoms with Crippen molar-refractivity contribution in [2.75, 3.05) is 13.1 Å². The first-order chi connectivity index (χ1) is 12.1. The number of benzene rings is 1. The average molecular weight is 340 g/mol. The lowest BCUT2D eigenvalue weighted by Crippen LogP contribution is -2.41. The first-order valence-corrected chi connectivity index (χ1v) is 9.75. The summed E-state index contributed by atoms with van der Waals surface area (Å²) in [4.78, 5) is 26.9. The summed E-state index contributed by atoms with van der Waals surface area (Å²) in [5, 5.41) is 3.23. The van der Waals surface area contributed by atoms with Gasteiger partial charge in [-0.05, 0) is 37.7 Å². The zero-order valence-electron chi connectivity index (χ0n) is 15.0. The van der Waals surface area contributed by atoms with Crippen LogP contribution in [0, 0.1) is 18.8 Å². The molecule has 0 aromatic heterocycles. The van der Waals surface area contributed by atoms with Gasteiger partial charge in [-0.25, -0.2) is 0 Å². The predicted octanol–water partition coefficient (Wildman–Crippen LogP) is 3.01. The van der Waals surface area contributed by atoms with Crippen LogP contribution in [0.4, 0.5) is 0 Å². The lowest BCUT2D eigenvalue weighted by Gasteiger charge is -2.20. The van der Waals surface area contributed by atoms with Gasteiger partial charge in [-0.15, -0.1) is 0 Å². The molecule has 4 rings (SSSR count). The van der Waals surface area contributed by atoms with Crippen molar-refractivity contribution in [3.05, 3.63) is 35.4 Å². The molecule has 25 heavy (non-hydrogen) atoms. The third kappa shape index (κ3) is 4.05. The summed E-state index contributed by atoms with van der Waals surface area (Å²) in [6, 6.07) is 8.57. The number of likely N-dealkylation sites (tertiary alicyclic amines) is 1. The molecule has 4 nitrogen and oxygen atoms in total. The molecule has 2 aliphatic carbocycles. The van der Waals surface area contributed by atoms with E-state index in [0.717, 1.165) is 31.7 Å². The lowest BCUT2D eigenvalue weighted by molar-refractivity contribution is -0.130. The van der Waals surface area contributed by atoms with Gasteiger partial charge in [-0.3, -0.25) is 9.59 Å². The Kier molecular flexibility index (Phi) is 4.53. The zero-order valence-corrected chi connectivity index (χ0v) is 15.0. The molecule has 0 bridgehead atoms. The minimum atomic E-state index is 0.0423. The van der Waals surface area contributed by atoms with Gasteiger partial charge >= 0.3 is 0 Å². The van der Waals surface area contributed by atoms with E-state index >= 15 is 0 Å². The fourth-order valence-corrected chi connectivity index (χ4v) is 3.84. The summed E-state index contributed by atoms with van der Waals surface area (Å²) in [6.07, 6.45) is 6.30. The second-order valence-electron chi connectivity index (χ2n) is 8.19. The highest BCUT2D eigenvalue weighted by Crippen LogP contribution is 2.35. The van der Waals surface area contributed by atoms with Crippen LogP contribution in [0.2, 0.25) is 0 Å². The molecule has 1 N–H and O–H groups in total. The number of aryl methyl sites for hydroxylation is 1. The molecule has 0 spiro atoms. The molecule has 134 valence electrons. The van der Waals surface area contributed by atoms with Gasteiger partial charge < -0.3 is 10.2 Å². The molecule has 3 aliphatic rings. The van der Waals surface area contributed by atoms with E-state index in [-0.39, 0.29) is 29.7 Å². The normalized spacial score (nSPS) is 25.9. The Labute approximate surface area is 150 Å². The number of carbonyl (C=O) groups is 2. The molecule has 2 saturated carbocycles. The number of hydrogen-bond donors (Lipinski definition) is 1. The number of carbonyl (C=O) groups excluding carboxylic acids is 2. The van der Waals surface area contributed by atoms with Gasteiger partial charge in [0, 0.05) is 31.3 Å². The van der Waals surface area contributed by atoms with Crippen LogP contribution in [0.15, 0.2) is 24.3 Å². The molecule has 2 amide bonds. The van der Waals surface area contributed by atoms with Gasteiger partial charge in [0.05, 0.1) is 6.04 Å². The van der Waals surface area contributed by atoms with Crippen molar-refractivity contribution < 1.29 is 9.59 Å². The molecule has 4 heteroatoms. The Morgan fingerprint density at radius 3 is 2.44 bits per heavy atom. The standard InChI is InChI=1S/C21H28N2O2/c1-14-2-7-16(8-3-14)18-12-23(20(24)11-6-15-4-5-15)13-19(18)22-21(25)17-9-10-17/h2-3,7-8,15,17-19H,4-6,9-13H2,1H3,(H,22,25)/t18-,19+/m0/s1. The number of hydrogen-bond acceptors (Lipinski definition) is 2. The van der Waals surface area contributed by atoms with Gasteiger partial charge in [0.25, 0.3) is 0 Å². The van der Waals surface area contributed by atoms with Crippen LogP contribution in [0.1, 0.15) is 55.6 Å². The fraction of sp³-hybridized carbons (Fsp3) is 0.619. The van der Waals surface area contributed by atoms with Crippen LogP contribution in [0.3, 0.4) is 0 Å². The zero-order chi connectivity index (χ0) is 17.4. The molecular formula is C21H28N2O2. The first kappa shape index (κ1) is 16.6. The van der Waals surface area contributed by atoms with E-state index in [4.69, 9.17) is 0 Å². The SMILES string of the molecule is Cc1ccc([C@@H]2CN(C(=O)CCC3CC3)C[C@H]2NC(=O)C2CC2)cc1. The highest BCUT2D eigenvalue weighted by atomic mass is 16.2. The maximum absolute atomic E-state index is 12.6. The van der Waals surface area contributed by atoms with Crippen LogP contribution in [0.25, 0.3) is 0 Å². The first-order valence-electron chi connectivity index (χ1n) is 9.75. The van der Waals surface area contributed by atoms with Crippen molar-refractivity contribution in [2.24, 2.45) is 11.8 Å². The van der Waals surface area contributed by atoms with Gasteiger partial charge in [0.1, 0.15) is 0 Å². The van der Waals surface area contributed by atoms with Gasteiger partial charge in [-0.1, -0.05) is 42.7 Å². The number of nitrogens with zero attached hydrogens (tertiary/aromatic N) is 1. The van der Waals surface area contributed by atoms with Crippen molar-refractivity contribution >= 4 is 11.8 Å². The summed E-state index contributed by atoms with van der Waals surface area (Å²) in [5.74, 6) is 1.62. The van der Waals surface area contributed by atoms with Crippen molar-refractivity contribution in [2.45, 2.75) is 57.4 Å². The minimum absolute atomic E-state index is 0.0423. The summed E-state index contributed by atoms with van der Waals surface area (Å²) in [7, 11) is 0. The van der Waals surface area contributed by atoms with Gasteiger partial charge in [0.15, 0.2) is 0 Å². The van der Waals surface area contributed by atoms with Crippen LogP contribution in [-0.2, 0) is 9.59 Å². The van der Waals surface area contributed by atoms with Gasteiger partial charge in [0.2, 0.25) is 11.8 Å². The molecule has 1 aliphatic heterocycles. The number of amides is 2. The molecule has 1 saturated heterocycles. The van der Waals surface area contributed by atoms with Crippen LogP contribution in [-0.4, -0.2) is 35.8 Å². The highest BCUT2D eigenvalue weighted by molar-refractivity contribution is 5.82. The van der Waals surface area contributed by atoms with Crippen LogP contribution < -0.4 is 5.32 Å². The van der Waals surface area contributed by atoms with E-state index in [0.29, 0.717) is 13.0 Å². The van der Waals surface area contributed by atoms with Crippen molar-refractivity contribution in [3.63, 3.8) is 0 Å². The number of nitrogens with one attached hydrogen (secondary N) is 1. The summed E-state index contributed by atoms with van der Waals surface area (Å²) < 4.78 is 0. The fourth-order valence-electron chi connectivity index (χ4n) is 3.84. The van der Waals surface area contributed by atoms with E-state index in [1.54, 1.807) is 0 Å². The van der Waals surface area contributed by atoms with Crippen molar-refractivity contribution in [1.82, 2.24) is 10.2 Å². The highest BCUT2D eigenvalue weighted by Gasteiger charge is 2.39. The van der Waals surface area contributed by atoms with E-state index in [1.807, 2.05) is 4.90 Å². The monoisotopic (exact) mass is 340 g/mol. The maximum Gasteiger partial charge on any atom is 0.223 e. The Hall–Kier alpha value is -1.84. The summed E-state index contributed by atoms with van der Waals surface area (Å²) >= 11 is 0. The van der Waals surface area contributed by atoms with E-state index in [9.17, 15) is 9.59 Å². The predicted molar refractivity (Wildman–Crippen MR) is 97.1 cm³/mol. The molecular weight excluding hydrogens is 312 g/mol. The number of rotatable bonds is 6. The van der Waals surface area contributed by atoms with E-state index < -0.39 is 0 Å². The molecule has 1 aromatic rings. The van der Waals surface area contributed by atoms with Crippen molar-refractivity contribution in [3.8, 4) is 0 Å². The smallest absolute Gasteiger partial charge is 0.223 e. The van der Waals surface area contributed by atoms with Crippen LogP contribution >= 0.6 is 0 Å². The molecule has 0 radical (unpaired) electrons. The summed E-state index contributed by atoms with van der Waals surface area (Å²) in [6.45, 7) is 3.46. The Bertz CT molecular complexity index is 646. The Morgan fingerprint density at radius 2 is 1.80 bits per heavy atom. The second-order valence-corrected chi connectivity index (χ2v) is 8.19. The Morgan fingerprint density at radius 1 is 1.08 bits per heavy atom. The maximum atomic E-state index is 12.6. The van der Waals surface area contributed by atoms with Crippen LogP contribution in [0.5, 0.6) is 0 Å². The molecule has 0 unspecified atom stereocenters. The lowest BCUT2D eigenvalue weighted by atomic mass is 9.93. The van der Waals surface area contributed by atoms with E-state index in [2.05, 4.69) is 36.5 Å². The minimum Gasteiger partial charge on any atom is -0.351 e. The summed E-state index contributed by atoms with van der Waals surface area (Å²) in [5.41, 5.74) is 2.46. The Balaban J connectivity index is 1.45. The van der Waals surface area contributed by atoms with E-state index in [1.165, 1.54) is 24.0 Å².